The van der Waals surface area contributed by atoms with Crippen molar-refractivity contribution in [2.45, 2.75) is 58.9 Å². The fourth-order valence-corrected chi connectivity index (χ4v) is 2.99. The van der Waals surface area contributed by atoms with E-state index >= 15 is 0 Å². The maximum Gasteiger partial charge on any atom is 0.326 e. The summed E-state index contributed by atoms with van der Waals surface area (Å²) in [7, 11) is 1.22. The normalized spacial score (nSPS) is 13.5. The van der Waals surface area contributed by atoms with E-state index in [1.807, 2.05) is 6.92 Å². The van der Waals surface area contributed by atoms with E-state index in [0.29, 0.717) is 12.0 Å². The molecule has 2 N–H and O–H groups in total. The lowest BCUT2D eigenvalue weighted by atomic mass is 9.88. The Labute approximate surface area is 182 Å². The summed E-state index contributed by atoms with van der Waals surface area (Å²) in [6.45, 7) is 6.13. The zero-order chi connectivity index (χ0) is 23.6. The van der Waals surface area contributed by atoms with Crippen molar-refractivity contribution < 1.29 is 38.1 Å². The van der Waals surface area contributed by atoms with Crippen molar-refractivity contribution in [3.8, 4) is 11.5 Å². The minimum Gasteiger partial charge on any atom is -0.468 e. The molecule has 31 heavy (non-hydrogen) atoms. The molecule has 0 heterocycles. The summed E-state index contributed by atoms with van der Waals surface area (Å²) in [5.74, 6) is -2.37. The molecule has 0 aliphatic heterocycles. The monoisotopic (exact) mass is 437 g/mol. The summed E-state index contributed by atoms with van der Waals surface area (Å²) in [6, 6.07) is 4.49. The fraction of sp³-hybridized carbons (Fsp3) is 0.545. The first kappa shape index (κ1) is 26.1. The molecule has 1 unspecified atom stereocenters. The highest BCUT2D eigenvalue weighted by Gasteiger charge is 2.36. The van der Waals surface area contributed by atoms with E-state index in [0.717, 1.165) is 6.42 Å². The van der Waals surface area contributed by atoms with Crippen molar-refractivity contribution in [1.82, 2.24) is 0 Å². The summed E-state index contributed by atoms with van der Waals surface area (Å²) >= 11 is 0. The van der Waals surface area contributed by atoms with Crippen LogP contribution in [0.25, 0.3) is 0 Å². The van der Waals surface area contributed by atoms with Crippen molar-refractivity contribution in [2.24, 2.45) is 11.7 Å². The number of nitrogens with two attached hydrogens (primary N) is 1. The smallest absolute Gasteiger partial charge is 0.326 e. The second-order valence-corrected chi connectivity index (χ2v) is 7.40. The average molecular weight is 437 g/mol. The predicted molar refractivity (Wildman–Crippen MR) is 111 cm³/mol. The maximum atomic E-state index is 12.4. The number of benzene rings is 1. The second-order valence-electron chi connectivity index (χ2n) is 7.40. The van der Waals surface area contributed by atoms with Crippen molar-refractivity contribution in [1.29, 1.82) is 0 Å². The SMILES string of the molecule is CCCC(C)C(=O)OCC[C@@](N)(Cc1ccc(OC(C)=O)c(OC(C)=O)c1)C(=O)OC. The van der Waals surface area contributed by atoms with E-state index in [1.165, 1.54) is 33.1 Å². The zero-order valence-electron chi connectivity index (χ0n) is 18.7. The number of hydrogen-bond donors (Lipinski definition) is 1. The van der Waals surface area contributed by atoms with E-state index in [9.17, 15) is 19.2 Å². The summed E-state index contributed by atoms with van der Waals surface area (Å²) in [5.41, 5.74) is 5.36. The van der Waals surface area contributed by atoms with Gasteiger partial charge in [0.2, 0.25) is 0 Å². The van der Waals surface area contributed by atoms with Gasteiger partial charge < -0.3 is 24.7 Å². The average Bonchev–Trinajstić information content (AvgIpc) is 2.68. The molecule has 2 atom stereocenters. The minimum atomic E-state index is -1.49. The van der Waals surface area contributed by atoms with Gasteiger partial charge in [-0.25, -0.2) is 0 Å². The number of hydrogen-bond acceptors (Lipinski definition) is 9. The Morgan fingerprint density at radius 3 is 2.23 bits per heavy atom. The van der Waals surface area contributed by atoms with Gasteiger partial charge in [-0.1, -0.05) is 26.3 Å². The third-order valence-electron chi connectivity index (χ3n) is 4.54. The topological polar surface area (TPSA) is 131 Å². The number of carbonyl (C=O) groups excluding carboxylic acids is 4. The second kappa shape index (κ2) is 12.0. The lowest BCUT2D eigenvalue weighted by Crippen LogP contribution is -2.51. The van der Waals surface area contributed by atoms with Gasteiger partial charge in [0.05, 0.1) is 19.6 Å². The molecule has 0 fully saturated rings. The first-order valence-corrected chi connectivity index (χ1v) is 10.1. The third kappa shape index (κ3) is 8.37. The Kier molecular flexibility index (Phi) is 10.1. The molecule has 0 bridgehead atoms. The summed E-state index contributed by atoms with van der Waals surface area (Å²) in [6.07, 6.45) is 1.60. The van der Waals surface area contributed by atoms with E-state index in [1.54, 1.807) is 13.0 Å². The van der Waals surface area contributed by atoms with Crippen LogP contribution < -0.4 is 15.2 Å². The van der Waals surface area contributed by atoms with E-state index in [4.69, 9.17) is 24.7 Å². The van der Waals surface area contributed by atoms with Crippen LogP contribution in [0.2, 0.25) is 0 Å². The molecule has 0 radical (unpaired) electrons. The highest BCUT2D eigenvalue weighted by Crippen LogP contribution is 2.30. The molecule has 9 heteroatoms. The molecule has 1 rings (SSSR count). The minimum absolute atomic E-state index is 0.0103. The van der Waals surface area contributed by atoms with Gasteiger partial charge in [-0.15, -0.1) is 0 Å². The van der Waals surface area contributed by atoms with E-state index in [2.05, 4.69) is 0 Å². The first-order valence-electron chi connectivity index (χ1n) is 10.1. The standard InChI is InChI=1S/C22H31NO8/c1-6-7-14(2)20(26)29-11-10-22(23,21(27)28-5)13-17-8-9-18(30-15(3)24)19(12-17)31-16(4)25/h8-9,12,14H,6-7,10-11,13,23H2,1-5H3/t14?,22-/m1/s1. The molecular formula is C22H31NO8. The Hall–Kier alpha value is -2.94. The molecule has 0 spiro atoms. The van der Waals surface area contributed by atoms with Gasteiger partial charge in [0.1, 0.15) is 5.54 Å². The van der Waals surface area contributed by atoms with E-state index in [-0.39, 0.29) is 42.8 Å². The van der Waals surface area contributed by atoms with Crippen LogP contribution in [0.5, 0.6) is 11.5 Å². The highest BCUT2D eigenvalue weighted by molar-refractivity contribution is 5.81. The molecule has 1 aromatic carbocycles. The van der Waals surface area contributed by atoms with Crippen LogP contribution in [-0.2, 0) is 35.1 Å². The fourth-order valence-electron chi connectivity index (χ4n) is 2.99. The summed E-state index contributed by atoms with van der Waals surface area (Å²) < 4.78 is 20.3. The van der Waals surface area contributed by atoms with Crippen LogP contribution in [0.4, 0.5) is 0 Å². The molecule has 9 nitrogen and oxygen atoms in total. The summed E-state index contributed by atoms with van der Waals surface area (Å²) in [5, 5.41) is 0. The van der Waals surface area contributed by atoms with Gasteiger partial charge in [-0.2, -0.15) is 0 Å². The number of rotatable bonds is 11. The lowest BCUT2D eigenvalue weighted by molar-refractivity contribution is -0.153. The van der Waals surface area contributed by atoms with Gasteiger partial charge in [0.25, 0.3) is 0 Å². The van der Waals surface area contributed by atoms with Crippen LogP contribution in [0, 0.1) is 5.92 Å². The van der Waals surface area contributed by atoms with Gasteiger partial charge in [0, 0.05) is 26.7 Å². The number of methoxy groups -OCH3 is 1. The van der Waals surface area contributed by atoms with Crippen molar-refractivity contribution >= 4 is 23.9 Å². The van der Waals surface area contributed by atoms with Crippen molar-refractivity contribution in [3.05, 3.63) is 23.8 Å². The van der Waals surface area contributed by atoms with E-state index < -0.39 is 23.4 Å². The van der Waals surface area contributed by atoms with Crippen LogP contribution >= 0.6 is 0 Å². The molecule has 0 saturated carbocycles. The highest BCUT2D eigenvalue weighted by atomic mass is 16.6. The quantitative estimate of drug-likeness (QED) is 0.409. The molecule has 0 aliphatic carbocycles. The van der Waals surface area contributed by atoms with Crippen LogP contribution in [-0.4, -0.2) is 43.1 Å². The molecule has 0 saturated heterocycles. The van der Waals surface area contributed by atoms with Gasteiger partial charge in [-0.05, 0) is 24.1 Å². The maximum absolute atomic E-state index is 12.4. The van der Waals surface area contributed by atoms with Gasteiger partial charge in [0.15, 0.2) is 11.5 Å². The largest absolute Gasteiger partial charge is 0.468 e. The Bertz CT molecular complexity index is 807. The number of carbonyl (C=O) groups is 4. The lowest BCUT2D eigenvalue weighted by Gasteiger charge is -2.27. The van der Waals surface area contributed by atoms with Crippen LogP contribution in [0.1, 0.15) is 52.5 Å². The van der Waals surface area contributed by atoms with Crippen LogP contribution in [0.3, 0.4) is 0 Å². The molecule has 1 aromatic rings. The van der Waals surface area contributed by atoms with Gasteiger partial charge >= 0.3 is 23.9 Å². The first-order chi connectivity index (χ1) is 14.5. The number of esters is 4. The number of ether oxygens (including phenoxy) is 4. The Morgan fingerprint density at radius 1 is 1.06 bits per heavy atom. The predicted octanol–water partition coefficient (Wildman–Crippen LogP) is 2.32. The molecule has 172 valence electrons. The molecule has 0 aliphatic rings. The Morgan fingerprint density at radius 2 is 1.68 bits per heavy atom. The Balaban J connectivity index is 3.02. The molecule has 0 aromatic heterocycles. The third-order valence-corrected chi connectivity index (χ3v) is 4.54. The molecule has 0 amide bonds. The molecular weight excluding hydrogens is 406 g/mol. The van der Waals surface area contributed by atoms with Crippen molar-refractivity contribution in [2.75, 3.05) is 13.7 Å². The van der Waals surface area contributed by atoms with Crippen molar-refractivity contribution in [3.63, 3.8) is 0 Å². The van der Waals surface area contributed by atoms with Gasteiger partial charge in [-0.3, -0.25) is 19.2 Å². The van der Waals surface area contributed by atoms with Crippen LogP contribution in [0.15, 0.2) is 18.2 Å². The zero-order valence-corrected chi connectivity index (χ0v) is 18.7. The summed E-state index contributed by atoms with van der Waals surface area (Å²) in [4.78, 5) is 47.1.